The van der Waals surface area contributed by atoms with Gasteiger partial charge in [-0.1, -0.05) is 28.4 Å². The Morgan fingerprint density at radius 2 is 1.90 bits per heavy atom. The summed E-state index contributed by atoms with van der Waals surface area (Å²) in [4.78, 5) is 0.369. The monoisotopic (exact) mass is 359 g/mol. The van der Waals surface area contributed by atoms with Crippen molar-refractivity contribution in [2.24, 2.45) is 11.8 Å². The number of alkyl halides is 1. The molecule has 0 aromatic heterocycles. The molecule has 2 rings (SSSR count). The maximum Gasteiger partial charge on any atom is 0.240 e. The van der Waals surface area contributed by atoms with Crippen LogP contribution in [0.25, 0.3) is 0 Å². The van der Waals surface area contributed by atoms with Crippen LogP contribution in [-0.2, 0) is 10.0 Å². The van der Waals surface area contributed by atoms with E-state index in [1.54, 1.807) is 12.1 Å². The molecule has 3 nitrogen and oxygen atoms in total. The molecule has 1 saturated carbocycles. The lowest BCUT2D eigenvalue weighted by Crippen LogP contribution is -2.31. The van der Waals surface area contributed by atoms with Crippen molar-refractivity contribution in [3.8, 4) is 0 Å². The molecule has 2 atom stereocenters. The molecule has 0 saturated heterocycles. The summed E-state index contributed by atoms with van der Waals surface area (Å²) in [5.41, 5.74) is 2.12. The van der Waals surface area contributed by atoms with Gasteiger partial charge >= 0.3 is 0 Å². The van der Waals surface area contributed by atoms with Crippen LogP contribution in [0.3, 0.4) is 0 Å². The second-order valence-electron chi connectivity index (χ2n) is 5.70. The van der Waals surface area contributed by atoms with Crippen molar-refractivity contribution in [1.29, 1.82) is 0 Å². The van der Waals surface area contributed by atoms with Crippen LogP contribution in [0, 0.1) is 25.7 Å². The highest BCUT2D eigenvalue weighted by Crippen LogP contribution is 2.32. The van der Waals surface area contributed by atoms with E-state index >= 15 is 0 Å². The van der Waals surface area contributed by atoms with Crippen molar-refractivity contribution in [1.82, 2.24) is 4.72 Å². The predicted molar refractivity (Wildman–Crippen MR) is 85.7 cm³/mol. The van der Waals surface area contributed by atoms with Gasteiger partial charge in [0.25, 0.3) is 0 Å². The lowest BCUT2D eigenvalue weighted by molar-refractivity contribution is 0.422. The van der Waals surface area contributed by atoms with E-state index in [1.807, 2.05) is 19.9 Å². The highest BCUT2D eigenvalue weighted by Gasteiger charge is 2.27. The molecule has 1 aromatic rings. The zero-order chi connectivity index (χ0) is 14.8. The lowest BCUT2D eigenvalue weighted by Gasteiger charge is -2.18. The van der Waals surface area contributed by atoms with Crippen molar-refractivity contribution in [3.63, 3.8) is 0 Å². The highest BCUT2D eigenvalue weighted by molar-refractivity contribution is 9.09. The fourth-order valence-electron chi connectivity index (χ4n) is 2.77. The number of hydrogen-bond donors (Lipinski definition) is 1. The Labute approximate surface area is 130 Å². The number of sulfonamides is 1. The zero-order valence-electron chi connectivity index (χ0n) is 12.0. The molecule has 1 aliphatic carbocycles. The Morgan fingerprint density at radius 3 is 2.55 bits per heavy atom. The van der Waals surface area contributed by atoms with Crippen molar-refractivity contribution >= 4 is 26.0 Å². The Hall–Kier alpha value is -0.390. The third-order valence-electron chi connectivity index (χ3n) is 4.34. The van der Waals surface area contributed by atoms with E-state index in [9.17, 15) is 8.42 Å². The van der Waals surface area contributed by atoms with Gasteiger partial charge in [-0.15, -0.1) is 0 Å². The average molecular weight is 360 g/mol. The topological polar surface area (TPSA) is 46.2 Å². The minimum atomic E-state index is -3.38. The summed E-state index contributed by atoms with van der Waals surface area (Å²) in [6.07, 6.45) is 3.51. The van der Waals surface area contributed by atoms with Crippen LogP contribution in [0.15, 0.2) is 23.1 Å². The summed E-state index contributed by atoms with van der Waals surface area (Å²) in [5.74, 6) is 1.05. The van der Waals surface area contributed by atoms with E-state index in [4.69, 9.17) is 0 Å². The highest BCUT2D eigenvalue weighted by atomic mass is 79.9. The van der Waals surface area contributed by atoms with Crippen LogP contribution >= 0.6 is 15.9 Å². The molecular formula is C15H22BrNO2S. The average Bonchev–Trinajstić information content (AvgIpc) is 2.87. The predicted octanol–water partition coefficient (Wildman–Crippen LogP) is 3.39. The van der Waals surface area contributed by atoms with Crippen LogP contribution in [-0.4, -0.2) is 20.3 Å². The van der Waals surface area contributed by atoms with Gasteiger partial charge in [0, 0.05) is 11.9 Å². The Bertz CT molecular complexity index is 571. The van der Waals surface area contributed by atoms with Crippen molar-refractivity contribution < 1.29 is 8.42 Å². The first-order chi connectivity index (χ1) is 9.44. The molecule has 0 radical (unpaired) electrons. The molecule has 0 aliphatic heterocycles. The SMILES string of the molecule is Cc1ccc(S(=O)(=O)NCC2CCCC2CBr)cc1C. The van der Waals surface area contributed by atoms with Gasteiger partial charge in [-0.2, -0.15) is 0 Å². The van der Waals surface area contributed by atoms with Gasteiger partial charge in [0.15, 0.2) is 0 Å². The Morgan fingerprint density at radius 1 is 1.20 bits per heavy atom. The Kier molecular flexibility index (Phi) is 5.26. The minimum absolute atomic E-state index is 0.369. The van der Waals surface area contributed by atoms with Crippen LogP contribution in [0.2, 0.25) is 0 Å². The molecular weight excluding hydrogens is 338 g/mol. The molecule has 1 N–H and O–H groups in total. The van der Waals surface area contributed by atoms with Crippen LogP contribution in [0.1, 0.15) is 30.4 Å². The lowest BCUT2D eigenvalue weighted by atomic mass is 9.99. The second kappa shape index (κ2) is 6.58. The van der Waals surface area contributed by atoms with Crippen LogP contribution in [0.5, 0.6) is 0 Å². The normalized spacial score (nSPS) is 23.1. The minimum Gasteiger partial charge on any atom is -0.211 e. The molecule has 5 heteroatoms. The molecule has 1 aliphatic rings. The number of nitrogens with one attached hydrogen (secondary N) is 1. The first-order valence-corrected chi connectivity index (χ1v) is 9.67. The third kappa shape index (κ3) is 3.62. The van der Waals surface area contributed by atoms with E-state index in [0.717, 1.165) is 22.9 Å². The summed E-state index contributed by atoms with van der Waals surface area (Å²) in [6.45, 7) is 4.47. The molecule has 20 heavy (non-hydrogen) atoms. The maximum atomic E-state index is 12.3. The first kappa shape index (κ1) is 16.0. The molecule has 1 fully saturated rings. The number of benzene rings is 1. The van der Waals surface area contributed by atoms with Crippen molar-refractivity contribution in [3.05, 3.63) is 29.3 Å². The van der Waals surface area contributed by atoms with E-state index in [0.29, 0.717) is 23.3 Å². The largest absolute Gasteiger partial charge is 0.240 e. The van der Waals surface area contributed by atoms with Gasteiger partial charge < -0.3 is 0 Å². The molecule has 1 aromatic carbocycles. The summed E-state index contributed by atoms with van der Waals surface area (Å²) in [7, 11) is -3.38. The number of halogens is 1. The van der Waals surface area contributed by atoms with Gasteiger partial charge in [0.1, 0.15) is 0 Å². The van der Waals surface area contributed by atoms with E-state index in [-0.39, 0.29) is 0 Å². The van der Waals surface area contributed by atoms with Crippen LogP contribution < -0.4 is 4.72 Å². The van der Waals surface area contributed by atoms with Gasteiger partial charge in [-0.25, -0.2) is 13.1 Å². The smallest absolute Gasteiger partial charge is 0.211 e. The summed E-state index contributed by atoms with van der Waals surface area (Å²) in [5, 5.41) is 0.961. The van der Waals surface area contributed by atoms with Crippen molar-refractivity contribution in [2.75, 3.05) is 11.9 Å². The van der Waals surface area contributed by atoms with Gasteiger partial charge in [0.05, 0.1) is 4.90 Å². The number of aryl methyl sites for hydroxylation is 2. The quantitative estimate of drug-likeness (QED) is 0.819. The fourth-order valence-corrected chi connectivity index (χ4v) is 4.80. The number of hydrogen-bond acceptors (Lipinski definition) is 2. The molecule has 0 spiro atoms. The van der Waals surface area contributed by atoms with E-state index in [1.165, 1.54) is 12.8 Å². The Balaban J connectivity index is 2.05. The van der Waals surface area contributed by atoms with Gasteiger partial charge in [-0.05, 0) is 61.8 Å². The van der Waals surface area contributed by atoms with Crippen LogP contribution in [0.4, 0.5) is 0 Å². The third-order valence-corrected chi connectivity index (χ3v) is 6.59. The standard InChI is InChI=1S/C15H22BrNO2S/c1-11-6-7-15(8-12(11)2)20(18,19)17-10-14-5-3-4-13(14)9-16/h6-8,13-14,17H,3-5,9-10H2,1-2H3. The zero-order valence-corrected chi connectivity index (χ0v) is 14.4. The van der Waals surface area contributed by atoms with E-state index < -0.39 is 10.0 Å². The number of rotatable bonds is 5. The molecule has 0 amide bonds. The molecule has 112 valence electrons. The maximum absolute atomic E-state index is 12.3. The second-order valence-corrected chi connectivity index (χ2v) is 8.12. The fraction of sp³-hybridized carbons (Fsp3) is 0.600. The van der Waals surface area contributed by atoms with Gasteiger partial charge in [-0.3, -0.25) is 0 Å². The van der Waals surface area contributed by atoms with E-state index in [2.05, 4.69) is 20.7 Å². The van der Waals surface area contributed by atoms with Crippen molar-refractivity contribution in [2.45, 2.75) is 38.0 Å². The molecule has 0 heterocycles. The van der Waals surface area contributed by atoms with Gasteiger partial charge in [0.2, 0.25) is 10.0 Å². The molecule has 2 unspecified atom stereocenters. The first-order valence-electron chi connectivity index (χ1n) is 7.07. The summed E-state index contributed by atoms with van der Waals surface area (Å²) < 4.78 is 27.4. The molecule has 0 bridgehead atoms. The summed E-state index contributed by atoms with van der Waals surface area (Å²) in [6, 6.07) is 5.29. The summed E-state index contributed by atoms with van der Waals surface area (Å²) >= 11 is 3.52.